The van der Waals surface area contributed by atoms with Crippen molar-refractivity contribution >= 4 is 34.8 Å². The van der Waals surface area contributed by atoms with Crippen LogP contribution in [0, 0.1) is 24.3 Å². The molecule has 2 aromatic heterocycles. The smallest absolute Gasteiger partial charge is 0.274 e. The number of anilines is 1. The first-order chi connectivity index (χ1) is 12.0. The van der Waals surface area contributed by atoms with Crippen molar-refractivity contribution in [3.05, 3.63) is 66.9 Å². The molecule has 0 amide bonds. The van der Waals surface area contributed by atoms with E-state index in [1.807, 2.05) is 6.92 Å². The van der Waals surface area contributed by atoms with Gasteiger partial charge in [0.05, 0.1) is 6.21 Å². The third-order valence-electron chi connectivity index (χ3n) is 3.79. The second-order valence-electron chi connectivity index (χ2n) is 5.60. The third kappa shape index (κ3) is 3.78. The predicted octanol–water partition coefficient (Wildman–Crippen LogP) is 2.93. The van der Waals surface area contributed by atoms with Crippen molar-refractivity contribution in [3.8, 4) is 5.69 Å². The average Bonchev–Trinajstić information content (AvgIpc) is 2.86. The molecule has 0 radical (unpaired) electrons. The summed E-state index contributed by atoms with van der Waals surface area (Å²) in [6.45, 7) is 5.69. The van der Waals surface area contributed by atoms with E-state index in [4.69, 9.17) is 0 Å². The first-order valence-corrected chi connectivity index (χ1v) is 8.71. The van der Waals surface area contributed by atoms with Crippen LogP contribution in [0.4, 0.5) is 5.95 Å². The second-order valence-corrected chi connectivity index (χ2v) is 6.84. The maximum Gasteiger partial charge on any atom is 0.274 e. The first-order valence-electron chi connectivity index (χ1n) is 7.63. The van der Waals surface area contributed by atoms with Crippen LogP contribution in [0.15, 0.2) is 40.2 Å². The van der Waals surface area contributed by atoms with Gasteiger partial charge in [0, 0.05) is 26.2 Å². The number of aromatic nitrogens is 4. The maximum absolute atomic E-state index is 11.5. The summed E-state index contributed by atoms with van der Waals surface area (Å²) < 4.78 is 3.37. The number of nitrogens with zero attached hydrogens (tertiary/aromatic N) is 4. The van der Waals surface area contributed by atoms with Gasteiger partial charge < -0.3 is 4.57 Å². The molecule has 7 nitrogen and oxygen atoms in total. The van der Waals surface area contributed by atoms with Crippen LogP contribution in [-0.4, -0.2) is 26.0 Å². The summed E-state index contributed by atoms with van der Waals surface area (Å²) >= 11 is 2.29. The Bertz CT molecular complexity index is 987. The number of nitrogens with one attached hydrogen (secondary N) is 2. The molecule has 25 heavy (non-hydrogen) atoms. The van der Waals surface area contributed by atoms with Crippen molar-refractivity contribution in [2.75, 3.05) is 5.43 Å². The molecule has 2 N–H and O–H groups in total. The van der Waals surface area contributed by atoms with E-state index in [1.54, 1.807) is 13.1 Å². The van der Waals surface area contributed by atoms with E-state index in [0.29, 0.717) is 5.69 Å². The Hall–Kier alpha value is -2.49. The number of aryl methyl sites for hydroxylation is 2. The quantitative estimate of drug-likeness (QED) is 0.365. The average molecular weight is 448 g/mol. The van der Waals surface area contributed by atoms with Gasteiger partial charge in [0.25, 0.3) is 5.56 Å². The molecule has 0 atom stereocenters. The number of hydrogen-bond donors (Lipinski definition) is 2. The van der Waals surface area contributed by atoms with E-state index < -0.39 is 0 Å². The van der Waals surface area contributed by atoms with Gasteiger partial charge in [-0.2, -0.15) is 5.10 Å². The van der Waals surface area contributed by atoms with Crippen LogP contribution in [-0.2, 0) is 0 Å². The minimum absolute atomic E-state index is 0.207. The van der Waals surface area contributed by atoms with Crippen LogP contribution in [0.2, 0.25) is 0 Å². The van der Waals surface area contributed by atoms with E-state index in [1.165, 1.54) is 3.57 Å². The zero-order chi connectivity index (χ0) is 18.0. The van der Waals surface area contributed by atoms with Gasteiger partial charge in [-0.05, 0) is 73.7 Å². The number of benzene rings is 1. The highest BCUT2D eigenvalue weighted by molar-refractivity contribution is 14.1. The zero-order valence-corrected chi connectivity index (χ0v) is 16.2. The molecule has 0 aliphatic heterocycles. The molecule has 0 saturated heterocycles. The standard InChI is InChI=1S/C17H17IN6O/c1-10-8-13(9-19-22-17-20-16(25)11(2)21-23-17)12(3)24(10)15-6-4-14(18)5-7-15/h4-9H,1-3H3,(H2,20,22,23,25). The first kappa shape index (κ1) is 17.3. The fourth-order valence-corrected chi connectivity index (χ4v) is 2.87. The Morgan fingerprint density at radius 3 is 2.60 bits per heavy atom. The molecule has 0 spiro atoms. The molecule has 0 fully saturated rings. The zero-order valence-electron chi connectivity index (χ0n) is 14.0. The Balaban J connectivity index is 1.83. The van der Waals surface area contributed by atoms with Crippen molar-refractivity contribution < 1.29 is 0 Å². The van der Waals surface area contributed by atoms with Gasteiger partial charge in [0.15, 0.2) is 0 Å². The summed E-state index contributed by atoms with van der Waals surface area (Å²) in [5, 5.41) is 11.7. The molecule has 2 heterocycles. The van der Waals surface area contributed by atoms with Gasteiger partial charge in [-0.25, -0.2) is 5.43 Å². The molecule has 1 aromatic carbocycles. The van der Waals surface area contributed by atoms with Crippen LogP contribution in [0.5, 0.6) is 0 Å². The third-order valence-corrected chi connectivity index (χ3v) is 4.51. The highest BCUT2D eigenvalue weighted by Gasteiger charge is 2.09. The molecule has 8 heteroatoms. The van der Waals surface area contributed by atoms with E-state index in [9.17, 15) is 4.79 Å². The van der Waals surface area contributed by atoms with Crippen molar-refractivity contribution in [3.63, 3.8) is 0 Å². The summed E-state index contributed by atoms with van der Waals surface area (Å²) in [5.41, 5.74) is 7.00. The van der Waals surface area contributed by atoms with Crippen molar-refractivity contribution in [2.45, 2.75) is 20.8 Å². The lowest BCUT2D eigenvalue weighted by atomic mass is 10.2. The van der Waals surface area contributed by atoms with E-state index in [0.717, 1.165) is 22.6 Å². The predicted molar refractivity (Wildman–Crippen MR) is 107 cm³/mol. The van der Waals surface area contributed by atoms with Gasteiger partial charge in [0.1, 0.15) is 5.69 Å². The number of aromatic amines is 1. The van der Waals surface area contributed by atoms with Crippen LogP contribution in [0.1, 0.15) is 22.6 Å². The fourth-order valence-electron chi connectivity index (χ4n) is 2.51. The molecule has 3 rings (SSSR count). The highest BCUT2D eigenvalue weighted by atomic mass is 127. The molecule has 3 aromatic rings. The van der Waals surface area contributed by atoms with Gasteiger partial charge in [-0.1, -0.05) is 0 Å². The SMILES string of the molecule is Cc1nnc(NN=Cc2cc(C)n(-c3ccc(I)cc3)c2C)[nH]c1=O. The number of halogens is 1. The summed E-state index contributed by atoms with van der Waals surface area (Å²) in [5.74, 6) is 0.207. The fraction of sp³-hybridized carbons (Fsp3) is 0.176. The summed E-state index contributed by atoms with van der Waals surface area (Å²) in [6, 6.07) is 10.4. The van der Waals surface area contributed by atoms with Crippen LogP contribution >= 0.6 is 22.6 Å². The largest absolute Gasteiger partial charge is 0.318 e. The van der Waals surface area contributed by atoms with Gasteiger partial charge in [-0.3, -0.25) is 9.78 Å². The number of hydrazone groups is 1. The lowest BCUT2D eigenvalue weighted by Gasteiger charge is -2.09. The molecule has 0 aliphatic rings. The van der Waals surface area contributed by atoms with Crippen molar-refractivity contribution in [1.29, 1.82) is 0 Å². The Kier molecular flexibility index (Phi) is 4.98. The van der Waals surface area contributed by atoms with Gasteiger partial charge in [-0.15, -0.1) is 10.2 Å². The topological polar surface area (TPSA) is 88.0 Å². The molecule has 0 aliphatic carbocycles. The van der Waals surface area contributed by atoms with Crippen LogP contribution in [0.25, 0.3) is 5.69 Å². The van der Waals surface area contributed by atoms with Crippen LogP contribution in [0.3, 0.4) is 0 Å². The molecular formula is C17H17IN6O. The summed E-state index contributed by atoms with van der Waals surface area (Å²) in [7, 11) is 0. The minimum atomic E-state index is -0.287. The molecule has 0 unspecified atom stereocenters. The number of H-pyrrole nitrogens is 1. The van der Waals surface area contributed by atoms with Crippen molar-refractivity contribution in [2.24, 2.45) is 5.10 Å². The molecule has 0 bridgehead atoms. The highest BCUT2D eigenvalue weighted by Crippen LogP contribution is 2.20. The Morgan fingerprint density at radius 2 is 1.92 bits per heavy atom. The molecular weight excluding hydrogens is 431 g/mol. The number of rotatable bonds is 4. The number of hydrogen-bond acceptors (Lipinski definition) is 5. The monoisotopic (exact) mass is 448 g/mol. The minimum Gasteiger partial charge on any atom is -0.318 e. The normalized spacial score (nSPS) is 11.2. The van der Waals surface area contributed by atoms with Gasteiger partial charge >= 0.3 is 0 Å². The lowest BCUT2D eigenvalue weighted by molar-refractivity contribution is 0.897. The lowest BCUT2D eigenvalue weighted by Crippen LogP contribution is -2.15. The maximum atomic E-state index is 11.5. The van der Waals surface area contributed by atoms with Gasteiger partial charge in [0.2, 0.25) is 5.95 Å². The van der Waals surface area contributed by atoms with Crippen LogP contribution < -0.4 is 11.0 Å². The second kappa shape index (κ2) is 7.18. The van der Waals surface area contributed by atoms with E-state index in [-0.39, 0.29) is 11.5 Å². The summed E-state index contributed by atoms with van der Waals surface area (Å²) in [4.78, 5) is 14.1. The van der Waals surface area contributed by atoms with Crippen molar-refractivity contribution in [1.82, 2.24) is 19.7 Å². The Labute approximate surface area is 158 Å². The van der Waals surface area contributed by atoms with E-state index >= 15 is 0 Å². The Morgan fingerprint density at radius 1 is 1.20 bits per heavy atom. The molecule has 0 saturated carbocycles. The molecule has 128 valence electrons. The summed E-state index contributed by atoms with van der Waals surface area (Å²) in [6.07, 6.45) is 1.70. The van der Waals surface area contributed by atoms with E-state index in [2.05, 4.69) is 90.1 Å².